The van der Waals surface area contributed by atoms with E-state index in [0.717, 1.165) is 38.6 Å². The standard InChI is InChI=1S/C16H30N2O3/c1-4-5-12-18(13-6-7-13)15(21)17-11-10-16(2,3)9-8-14(19)20/h13H,4-12H2,1-3H3,(H,17,21)(H,19,20). The SMILES string of the molecule is CCCCN(C(=O)NCCC(C)(C)CCC(=O)O)C1CC1. The number of unbranched alkanes of at least 4 members (excludes halogenated alkanes) is 1. The van der Waals surface area contributed by atoms with Crippen molar-refractivity contribution in [3.05, 3.63) is 0 Å². The minimum atomic E-state index is -0.758. The average Bonchev–Trinajstić information content (AvgIpc) is 3.21. The molecule has 0 bridgehead atoms. The number of nitrogens with one attached hydrogen (secondary N) is 1. The molecule has 0 aromatic carbocycles. The Bertz CT molecular complexity index is 351. The van der Waals surface area contributed by atoms with Crippen LogP contribution >= 0.6 is 0 Å². The predicted molar refractivity (Wildman–Crippen MR) is 83.3 cm³/mol. The Labute approximate surface area is 128 Å². The third-order valence-electron chi connectivity index (χ3n) is 4.09. The first kappa shape index (κ1) is 17.8. The van der Waals surface area contributed by atoms with Gasteiger partial charge in [-0.2, -0.15) is 0 Å². The van der Waals surface area contributed by atoms with E-state index in [1.807, 2.05) is 4.90 Å². The van der Waals surface area contributed by atoms with Crippen LogP contribution in [-0.4, -0.2) is 41.1 Å². The summed E-state index contributed by atoms with van der Waals surface area (Å²) >= 11 is 0. The molecule has 0 radical (unpaired) electrons. The van der Waals surface area contributed by atoms with Crippen molar-refractivity contribution < 1.29 is 14.7 Å². The number of carboxylic acids is 1. The zero-order chi connectivity index (χ0) is 15.9. The van der Waals surface area contributed by atoms with Crippen LogP contribution in [0.4, 0.5) is 4.79 Å². The van der Waals surface area contributed by atoms with E-state index in [1.54, 1.807) is 0 Å². The molecule has 0 spiro atoms. The summed E-state index contributed by atoms with van der Waals surface area (Å²) in [6, 6.07) is 0.483. The van der Waals surface area contributed by atoms with Crippen molar-refractivity contribution in [2.24, 2.45) is 5.41 Å². The van der Waals surface area contributed by atoms with Crippen molar-refractivity contribution in [2.45, 2.75) is 71.8 Å². The molecule has 0 atom stereocenters. The summed E-state index contributed by atoms with van der Waals surface area (Å²) in [4.78, 5) is 24.8. The molecule has 0 saturated heterocycles. The van der Waals surface area contributed by atoms with Crippen LogP contribution in [0.1, 0.15) is 65.7 Å². The Morgan fingerprint density at radius 1 is 1.29 bits per heavy atom. The zero-order valence-electron chi connectivity index (χ0n) is 13.7. The van der Waals surface area contributed by atoms with Gasteiger partial charge in [-0.1, -0.05) is 27.2 Å². The van der Waals surface area contributed by atoms with Gasteiger partial charge in [-0.05, 0) is 37.5 Å². The molecule has 1 fully saturated rings. The lowest BCUT2D eigenvalue weighted by Gasteiger charge is -2.26. The van der Waals surface area contributed by atoms with Gasteiger partial charge in [-0.25, -0.2) is 4.79 Å². The molecule has 0 aromatic rings. The zero-order valence-corrected chi connectivity index (χ0v) is 13.7. The largest absolute Gasteiger partial charge is 0.481 e. The number of hydrogen-bond donors (Lipinski definition) is 2. The lowest BCUT2D eigenvalue weighted by Crippen LogP contribution is -2.42. The quantitative estimate of drug-likeness (QED) is 0.650. The summed E-state index contributed by atoms with van der Waals surface area (Å²) in [6.45, 7) is 7.69. The van der Waals surface area contributed by atoms with Gasteiger partial charge in [0.1, 0.15) is 0 Å². The Hall–Kier alpha value is -1.26. The van der Waals surface area contributed by atoms with Crippen molar-refractivity contribution in [1.82, 2.24) is 10.2 Å². The van der Waals surface area contributed by atoms with Gasteiger partial charge in [-0.3, -0.25) is 4.79 Å². The molecule has 2 amide bonds. The van der Waals surface area contributed by atoms with Crippen molar-refractivity contribution in [3.63, 3.8) is 0 Å². The third-order valence-corrected chi connectivity index (χ3v) is 4.09. The van der Waals surface area contributed by atoms with Crippen molar-refractivity contribution in [2.75, 3.05) is 13.1 Å². The first-order valence-corrected chi connectivity index (χ1v) is 8.12. The van der Waals surface area contributed by atoms with Gasteiger partial charge in [0, 0.05) is 25.6 Å². The fourth-order valence-corrected chi connectivity index (χ4v) is 2.34. The van der Waals surface area contributed by atoms with Crippen LogP contribution in [0.5, 0.6) is 0 Å². The molecule has 5 heteroatoms. The third kappa shape index (κ3) is 7.34. The van der Waals surface area contributed by atoms with Gasteiger partial charge in [0.2, 0.25) is 0 Å². The highest BCUT2D eigenvalue weighted by Gasteiger charge is 2.32. The molecular weight excluding hydrogens is 268 g/mol. The predicted octanol–water partition coefficient (Wildman–Crippen LogP) is 3.24. The van der Waals surface area contributed by atoms with Crippen molar-refractivity contribution in [3.8, 4) is 0 Å². The van der Waals surface area contributed by atoms with Crippen LogP contribution in [0.2, 0.25) is 0 Å². The molecule has 1 rings (SSSR count). The van der Waals surface area contributed by atoms with Crippen LogP contribution in [0.3, 0.4) is 0 Å². The number of carbonyl (C=O) groups excluding carboxylic acids is 1. The van der Waals surface area contributed by atoms with E-state index in [9.17, 15) is 9.59 Å². The van der Waals surface area contributed by atoms with Gasteiger partial charge in [0.25, 0.3) is 0 Å². The Kier molecular flexibility index (Phi) is 6.99. The minimum absolute atomic E-state index is 0.0417. The van der Waals surface area contributed by atoms with Gasteiger partial charge in [0.05, 0.1) is 0 Å². The topological polar surface area (TPSA) is 69.6 Å². The highest BCUT2D eigenvalue weighted by Crippen LogP contribution is 2.28. The van der Waals surface area contributed by atoms with Gasteiger partial charge in [-0.15, -0.1) is 0 Å². The highest BCUT2D eigenvalue weighted by atomic mass is 16.4. The van der Waals surface area contributed by atoms with E-state index in [0.29, 0.717) is 19.0 Å². The molecule has 21 heavy (non-hydrogen) atoms. The second-order valence-electron chi connectivity index (χ2n) is 6.82. The van der Waals surface area contributed by atoms with Crippen LogP contribution < -0.4 is 5.32 Å². The average molecular weight is 298 g/mol. The molecule has 122 valence electrons. The van der Waals surface area contributed by atoms with Gasteiger partial charge < -0.3 is 15.3 Å². The van der Waals surface area contributed by atoms with Crippen LogP contribution in [0.25, 0.3) is 0 Å². The molecule has 0 unspecified atom stereocenters. The fourth-order valence-electron chi connectivity index (χ4n) is 2.34. The van der Waals surface area contributed by atoms with E-state index < -0.39 is 5.97 Å². The molecule has 0 aromatic heterocycles. The second-order valence-corrected chi connectivity index (χ2v) is 6.82. The summed E-state index contributed by atoms with van der Waals surface area (Å²) in [7, 11) is 0. The van der Waals surface area contributed by atoms with E-state index in [4.69, 9.17) is 5.11 Å². The van der Waals surface area contributed by atoms with E-state index >= 15 is 0 Å². The van der Waals surface area contributed by atoms with Gasteiger partial charge in [0.15, 0.2) is 0 Å². The Balaban J connectivity index is 2.28. The monoisotopic (exact) mass is 298 g/mol. The van der Waals surface area contributed by atoms with Gasteiger partial charge >= 0.3 is 12.0 Å². The lowest BCUT2D eigenvalue weighted by molar-refractivity contribution is -0.137. The van der Waals surface area contributed by atoms with Crippen LogP contribution in [0, 0.1) is 5.41 Å². The Morgan fingerprint density at radius 3 is 2.48 bits per heavy atom. The van der Waals surface area contributed by atoms with E-state index in [1.165, 1.54) is 0 Å². The summed E-state index contributed by atoms with van der Waals surface area (Å²) < 4.78 is 0. The summed E-state index contributed by atoms with van der Waals surface area (Å²) in [5.41, 5.74) is -0.0561. The maximum atomic E-state index is 12.2. The minimum Gasteiger partial charge on any atom is -0.481 e. The molecule has 1 saturated carbocycles. The number of carbonyl (C=O) groups is 2. The molecule has 1 aliphatic rings. The molecule has 5 nitrogen and oxygen atoms in total. The molecular formula is C16H30N2O3. The number of rotatable bonds is 10. The van der Waals surface area contributed by atoms with Crippen LogP contribution in [0.15, 0.2) is 0 Å². The van der Waals surface area contributed by atoms with Crippen molar-refractivity contribution in [1.29, 1.82) is 0 Å². The molecule has 0 heterocycles. The molecule has 0 aliphatic heterocycles. The number of hydrogen-bond acceptors (Lipinski definition) is 2. The lowest BCUT2D eigenvalue weighted by atomic mass is 9.84. The number of carboxylic acid groups (broad SMARTS) is 1. The maximum Gasteiger partial charge on any atom is 0.317 e. The number of amides is 2. The maximum absolute atomic E-state index is 12.2. The number of nitrogens with zero attached hydrogens (tertiary/aromatic N) is 1. The summed E-state index contributed by atoms with van der Waals surface area (Å²) in [6.07, 6.45) is 6.03. The first-order valence-electron chi connectivity index (χ1n) is 8.12. The summed E-state index contributed by atoms with van der Waals surface area (Å²) in [5, 5.41) is 11.7. The first-order chi connectivity index (χ1) is 9.85. The number of urea groups is 1. The second kappa shape index (κ2) is 8.25. The molecule has 1 aliphatic carbocycles. The number of aliphatic carboxylic acids is 1. The summed E-state index contributed by atoms with van der Waals surface area (Å²) in [5.74, 6) is -0.758. The smallest absolute Gasteiger partial charge is 0.317 e. The highest BCUT2D eigenvalue weighted by molar-refractivity contribution is 5.74. The van der Waals surface area contributed by atoms with Crippen molar-refractivity contribution >= 4 is 12.0 Å². The van der Waals surface area contributed by atoms with E-state index in [2.05, 4.69) is 26.1 Å². The molecule has 2 N–H and O–H groups in total. The van der Waals surface area contributed by atoms with Crippen LogP contribution in [-0.2, 0) is 4.79 Å². The van der Waals surface area contributed by atoms with E-state index in [-0.39, 0.29) is 17.9 Å². The Morgan fingerprint density at radius 2 is 1.95 bits per heavy atom. The normalized spacial score (nSPS) is 14.8. The fraction of sp³-hybridized carbons (Fsp3) is 0.875.